The zero-order chi connectivity index (χ0) is 30.1. The molecule has 1 aromatic carbocycles. The predicted molar refractivity (Wildman–Crippen MR) is 176 cm³/mol. The van der Waals surface area contributed by atoms with Crippen LogP contribution in [-0.2, 0) is 0 Å². The highest BCUT2D eigenvalue weighted by atomic mass is 15.3. The molecule has 0 aliphatic carbocycles. The third-order valence-electron chi connectivity index (χ3n) is 8.47. The Morgan fingerprint density at radius 3 is 1.24 bits per heavy atom. The molecule has 7 nitrogen and oxygen atoms in total. The first-order valence-electron chi connectivity index (χ1n) is 15.8. The highest BCUT2D eigenvalue weighted by Crippen LogP contribution is 2.21. The quantitative estimate of drug-likeness (QED) is 0.450. The summed E-state index contributed by atoms with van der Waals surface area (Å²) in [5.74, 6) is 0.857. The van der Waals surface area contributed by atoms with Gasteiger partial charge in [0.1, 0.15) is 0 Å². The lowest BCUT2D eigenvalue weighted by Crippen LogP contribution is -2.53. The summed E-state index contributed by atoms with van der Waals surface area (Å²) in [4.78, 5) is 20.9. The van der Waals surface area contributed by atoms with Crippen LogP contribution >= 0.6 is 0 Å². The van der Waals surface area contributed by atoms with Crippen LogP contribution in [0.1, 0.15) is 75.2 Å². The van der Waals surface area contributed by atoms with Crippen LogP contribution in [0.4, 0.5) is 11.6 Å². The van der Waals surface area contributed by atoms with Gasteiger partial charge in [0.05, 0.1) is 0 Å². The Hall–Kier alpha value is -2.22. The molecule has 0 spiro atoms. The van der Waals surface area contributed by atoms with Crippen LogP contribution in [0.2, 0.25) is 0 Å². The second kappa shape index (κ2) is 14.8. The molecule has 230 valence electrons. The van der Waals surface area contributed by atoms with Gasteiger partial charge in [0.15, 0.2) is 0 Å². The number of likely N-dealkylation sites (tertiary alicyclic amines) is 1. The van der Waals surface area contributed by atoms with E-state index in [0.717, 1.165) is 45.2 Å². The summed E-state index contributed by atoms with van der Waals surface area (Å²) < 4.78 is 0. The second-order valence-electron chi connectivity index (χ2n) is 14.5. The number of hydrogen-bond acceptors (Lipinski definition) is 7. The van der Waals surface area contributed by atoms with E-state index in [1.165, 1.54) is 44.7 Å². The molecule has 3 aliphatic heterocycles. The fourth-order valence-corrected chi connectivity index (χ4v) is 5.69. The lowest BCUT2D eigenvalue weighted by molar-refractivity contribution is 0.128. The van der Waals surface area contributed by atoms with Crippen LogP contribution < -0.4 is 9.80 Å². The van der Waals surface area contributed by atoms with Crippen molar-refractivity contribution in [1.29, 1.82) is 0 Å². The molecule has 0 atom stereocenters. The largest absolute Gasteiger partial charge is 0.369 e. The van der Waals surface area contributed by atoms with Crippen molar-refractivity contribution in [1.82, 2.24) is 24.7 Å². The molecule has 4 heterocycles. The molecule has 41 heavy (non-hydrogen) atoms. The Labute approximate surface area is 251 Å². The Balaban J connectivity index is 0.000000176. The molecule has 3 fully saturated rings. The molecule has 3 saturated heterocycles. The van der Waals surface area contributed by atoms with Crippen molar-refractivity contribution < 1.29 is 0 Å². The molecule has 0 saturated carbocycles. The minimum absolute atomic E-state index is 0.267. The van der Waals surface area contributed by atoms with E-state index in [0.29, 0.717) is 11.1 Å². The van der Waals surface area contributed by atoms with E-state index >= 15 is 0 Å². The Morgan fingerprint density at radius 1 is 0.463 bits per heavy atom. The summed E-state index contributed by atoms with van der Waals surface area (Å²) in [5.41, 5.74) is 2.35. The Kier molecular flexibility index (Phi) is 12.0. The first-order valence-corrected chi connectivity index (χ1v) is 15.8. The van der Waals surface area contributed by atoms with E-state index in [1.807, 2.05) is 6.07 Å². The monoisotopic (exact) mass is 565 g/mol. The fourth-order valence-electron chi connectivity index (χ4n) is 5.69. The standard InChI is InChI=1S/C14H22N2.C12H20N4.C8H17N/c1-14(2,3)16-11-9-15(10-12-16)13-7-5-4-6-8-13;1-12(2,3)16-9-7-15(8-10-16)11-13-5-4-6-14-11;1-8(2,3)9-6-4-5-7-9/h4-8H,9-12H2,1-3H3;4-6H,7-10H2,1-3H3;4-7H2,1-3H3. The van der Waals surface area contributed by atoms with E-state index in [1.54, 1.807) is 12.4 Å². The van der Waals surface area contributed by atoms with Gasteiger partial charge in [-0.2, -0.15) is 0 Å². The van der Waals surface area contributed by atoms with Crippen LogP contribution in [0.15, 0.2) is 48.8 Å². The number of hydrogen-bond donors (Lipinski definition) is 0. The van der Waals surface area contributed by atoms with Crippen molar-refractivity contribution in [2.24, 2.45) is 0 Å². The molecule has 0 bridgehead atoms. The minimum Gasteiger partial charge on any atom is -0.369 e. The normalized spacial score (nSPS) is 19.7. The van der Waals surface area contributed by atoms with Crippen molar-refractivity contribution in [3.8, 4) is 0 Å². The topological polar surface area (TPSA) is 42.0 Å². The van der Waals surface area contributed by atoms with Gasteiger partial charge in [-0.15, -0.1) is 0 Å². The van der Waals surface area contributed by atoms with Crippen molar-refractivity contribution in [3.63, 3.8) is 0 Å². The number of benzene rings is 1. The number of aromatic nitrogens is 2. The summed E-state index contributed by atoms with van der Waals surface area (Å²) in [6.07, 6.45) is 6.41. The Morgan fingerprint density at radius 2 is 0.854 bits per heavy atom. The lowest BCUT2D eigenvalue weighted by Gasteiger charge is -2.43. The van der Waals surface area contributed by atoms with Crippen molar-refractivity contribution in [2.45, 2.75) is 91.8 Å². The molecule has 0 unspecified atom stereocenters. The summed E-state index contributed by atoms with van der Waals surface area (Å²) in [5, 5.41) is 0. The summed E-state index contributed by atoms with van der Waals surface area (Å²) in [6, 6.07) is 12.6. The maximum Gasteiger partial charge on any atom is 0.225 e. The zero-order valence-corrected chi connectivity index (χ0v) is 27.7. The maximum atomic E-state index is 4.29. The van der Waals surface area contributed by atoms with E-state index in [-0.39, 0.29) is 5.54 Å². The van der Waals surface area contributed by atoms with Crippen molar-refractivity contribution in [2.75, 3.05) is 75.2 Å². The average molecular weight is 566 g/mol. The molecular formula is C34H59N7. The van der Waals surface area contributed by atoms with Crippen molar-refractivity contribution >= 4 is 11.6 Å². The van der Waals surface area contributed by atoms with Gasteiger partial charge in [0.2, 0.25) is 5.95 Å². The van der Waals surface area contributed by atoms with Gasteiger partial charge in [0.25, 0.3) is 0 Å². The molecule has 5 rings (SSSR count). The van der Waals surface area contributed by atoms with Crippen LogP contribution in [0.25, 0.3) is 0 Å². The van der Waals surface area contributed by atoms with Gasteiger partial charge >= 0.3 is 0 Å². The number of anilines is 2. The second-order valence-corrected chi connectivity index (χ2v) is 14.5. The lowest BCUT2D eigenvalue weighted by atomic mass is 10.0. The van der Waals surface area contributed by atoms with E-state index in [9.17, 15) is 0 Å². The highest BCUT2D eigenvalue weighted by Gasteiger charge is 2.27. The third kappa shape index (κ3) is 10.8. The smallest absolute Gasteiger partial charge is 0.225 e. The van der Waals surface area contributed by atoms with Crippen LogP contribution in [0, 0.1) is 0 Å². The zero-order valence-electron chi connectivity index (χ0n) is 27.7. The molecule has 7 heteroatoms. The molecule has 1 aromatic heterocycles. The first-order chi connectivity index (χ1) is 19.2. The van der Waals surface area contributed by atoms with Crippen LogP contribution in [0.3, 0.4) is 0 Å². The van der Waals surface area contributed by atoms with E-state index in [4.69, 9.17) is 0 Å². The molecule has 0 N–H and O–H groups in total. The summed E-state index contributed by atoms with van der Waals surface area (Å²) in [7, 11) is 0. The van der Waals surface area contributed by atoms with Gasteiger partial charge in [0, 0.05) is 87.1 Å². The number of rotatable bonds is 2. The van der Waals surface area contributed by atoms with Gasteiger partial charge in [-0.25, -0.2) is 9.97 Å². The maximum absolute atomic E-state index is 4.29. The average Bonchev–Trinajstić information content (AvgIpc) is 3.50. The SMILES string of the molecule is CC(C)(C)N1CCCC1.CC(C)(C)N1CCN(c2ccccc2)CC1.CC(C)(C)N1CCN(c2ncccn2)CC1. The predicted octanol–water partition coefficient (Wildman–Crippen LogP) is 5.88. The number of para-hydroxylation sites is 1. The summed E-state index contributed by atoms with van der Waals surface area (Å²) in [6.45, 7) is 32.0. The summed E-state index contributed by atoms with van der Waals surface area (Å²) >= 11 is 0. The van der Waals surface area contributed by atoms with Crippen molar-refractivity contribution in [3.05, 3.63) is 48.8 Å². The van der Waals surface area contributed by atoms with Gasteiger partial charge in [-0.05, 0) is 106 Å². The van der Waals surface area contributed by atoms with Gasteiger partial charge < -0.3 is 9.80 Å². The molecule has 3 aliphatic rings. The minimum atomic E-state index is 0.267. The molecule has 0 radical (unpaired) electrons. The third-order valence-corrected chi connectivity index (χ3v) is 8.47. The van der Waals surface area contributed by atoms with Gasteiger partial charge in [-0.3, -0.25) is 14.7 Å². The van der Waals surface area contributed by atoms with Crippen LogP contribution in [-0.4, -0.2) is 107 Å². The van der Waals surface area contributed by atoms with Gasteiger partial charge in [-0.1, -0.05) is 18.2 Å². The molecule has 2 aromatic rings. The Bertz CT molecular complexity index is 900. The molecule has 0 amide bonds. The number of nitrogens with zero attached hydrogens (tertiary/aromatic N) is 7. The fraction of sp³-hybridized carbons (Fsp3) is 0.706. The van der Waals surface area contributed by atoms with Crippen LogP contribution in [0.5, 0.6) is 0 Å². The molecular weight excluding hydrogens is 506 g/mol. The first kappa shape index (κ1) is 33.3. The number of piperazine rings is 2. The highest BCUT2D eigenvalue weighted by molar-refractivity contribution is 5.46. The van der Waals surface area contributed by atoms with E-state index in [2.05, 4.69) is 127 Å². The van der Waals surface area contributed by atoms with E-state index < -0.39 is 0 Å².